The summed E-state index contributed by atoms with van der Waals surface area (Å²) >= 11 is 6.15. The minimum absolute atomic E-state index is 0.00530. The molecule has 1 aliphatic heterocycles. The molecule has 1 unspecified atom stereocenters. The number of carbonyl (C=O) groups is 1. The minimum atomic E-state index is -0.108. The van der Waals surface area contributed by atoms with Gasteiger partial charge in [-0.05, 0) is 18.9 Å². The van der Waals surface area contributed by atoms with E-state index in [2.05, 4.69) is 10.2 Å². The first-order valence-corrected chi connectivity index (χ1v) is 7.93. The molecule has 2 aromatic rings. The van der Waals surface area contributed by atoms with Crippen molar-refractivity contribution in [1.82, 2.24) is 24.5 Å². The molecular weight excluding hydrogens is 302 g/mol. The standard InChI is InChI=1S/C15H20ClN5O/c1-19-9-7-12(17-19)13-6-4-3-5-8-21(13)15(22)14-11(16)10-20(2)18-14/h7,9-10,13H,3-6,8H2,1-2H3. The lowest BCUT2D eigenvalue weighted by Gasteiger charge is -2.28. The van der Waals surface area contributed by atoms with Crippen LogP contribution >= 0.6 is 11.6 Å². The van der Waals surface area contributed by atoms with E-state index in [4.69, 9.17) is 11.6 Å². The van der Waals surface area contributed by atoms with Gasteiger partial charge in [0, 0.05) is 33.0 Å². The molecule has 0 aromatic carbocycles. The van der Waals surface area contributed by atoms with Crippen molar-refractivity contribution in [2.24, 2.45) is 14.1 Å². The van der Waals surface area contributed by atoms with E-state index in [1.165, 1.54) is 0 Å². The van der Waals surface area contributed by atoms with Gasteiger partial charge in [0.05, 0.1) is 16.8 Å². The number of amides is 1. The first-order chi connectivity index (χ1) is 10.6. The molecule has 1 amide bonds. The normalized spacial score (nSPS) is 19.2. The van der Waals surface area contributed by atoms with Gasteiger partial charge in [0.15, 0.2) is 5.69 Å². The third-order valence-electron chi connectivity index (χ3n) is 4.08. The summed E-state index contributed by atoms with van der Waals surface area (Å²) in [5.41, 5.74) is 1.26. The zero-order chi connectivity index (χ0) is 15.7. The first kappa shape index (κ1) is 15.1. The highest BCUT2D eigenvalue weighted by molar-refractivity contribution is 6.33. The first-order valence-electron chi connectivity index (χ1n) is 7.56. The van der Waals surface area contributed by atoms with Crippen LogP contribution in [0.5, 0.6) is 0 Å². The number of hydrogen-bond acceptors (Lipinski definition) is 3. The molecule has 6 nitrogen and oxygen atoms in total. The summed E-state index contributed by atoms with van der Waals surface area (Å²) in [6.45, 7) is 0.715. The van der Waals surface area contributed by atoms with Crippen LogP contribution in [0.2, 0.25) is 5.02 Å². The van der Waals surface area contributed by atoms with Crippen molar-refractivity contribution in [2.75, 3.05) is 6.54 Å². The second kappa shape index (κ2) is 6.12. The summed E-state index contributed by atoms with van der Waals surface area (Å²) in [5.74, 6) is -0.108. The van der Waals surface area contributed by atoms with Crippen LogP contribution in [0.1, 0.15) is 47.9 Å². The zero-order valence-corrected chi connectivity index (χ0v) is 13.6. The second-order valence-electron chi connectivity index (χ2n) is 5.78. The smallest absolute Gasteiger partial charge is 0.276 e. The fourth-order valence-corrected chi connectivity index (χ4v) is 3.27. The van der Waals surface area contributed by atoms with E-state index in [9.17, 15) is 4.79 Å². The Morgan fingerprint density at radius 1 is 1.23 bits per heavy atom. The predicted octanol–water partition coefficient (Wildman–Crippen LogP) is 2.56. The maximum absolute atomic E-state index is 12.9. The van der Waals surface area contributed by atoms with Gasteiger partial charge in [-0.2, -0.15) is 10.2 Å². The lowest BCUT2D eigenvalue weighted by molar-refractivity contribution is 0.0669. The topological polar surface area (TPSA) is 56.0 Å². The second-order valence-corrected chi connectivity index (χ2v) is 6.18. The van der Waals surface area contributed by atoms with Gasteiger partial charge in [-0.1, -0.05) is 24.4 Å². The van der Waals surface area contributed by atoms with Crippen LogP contribution in [0.3, 0.4) is 0 Å². The lowest BCUT2D eigenvalue weighted by Crippen LogP contribution is -2.35. The molecule has 1 atom stereocenters. The van der Waals surface area contributed by atoms with Gasteiger partial charge in [-0.15, -0.1) is 0 Å². The van der Waals surface area contributed by atoms with Crippen molar-refractivity contribution in [3.63, 3.8) is 0 Å². The number of nitrogens with zero attached hydrogens (tertiary/aromatic N) is 5. The highest BCUT2D eigenvalue weighted by Gasteiger charge is 2.31. The Labute approximate surface area is 134 Å². The van der Waals surface area contributed by atoms with Crippen LogP contribution in [0.25, 0.3) is 0 Å². The molecule has 118 valence electrons. The molecule has 0 N–H and O–H groups in total. The number of halogens is 1. The Balaban J connectivity index is 1.93. The van der Waals surface area contributed by atoms with Crippen molar-refractivity contribution in [3.8, 4) is 0 Å². The Kier molecular flexibility index (Phi) is 4.20. The third kappa shape index (κ3) is 2.88. The molecule has 0 spiro atoms. The highest BCUT2D eigenvalue weighted by atomic mass is 35.5. The quantitative estimate of drug-likeness (QED) is 0.854. The van der Waals surface area contributed by atoms with E-state index in [0.29, 0.717) is 17.3 Å². The fourth-order valence-electron chi connectivity index (χ4n) is 3.01. The molecule has 3 rings (SSSR count). The largest absolute Gasteiger partial charge is 0.329 e. The number of carbonyl (C=O) groups excluding carboxylic acids is 1. The van der Waals surface area contributed by atoms with Gasteiger partial charge < -0.3 is 4.90 Å². The summed E-state index contributed by atoms with van der Waals surface area (Å²) in [4.78, 5) is 14.8. The predicted molar refractivity (Wildman–Crippen MR) is 83.7 cm³/mol. The Morgan fingerprint density at radius 2 is 2.05 bits per heavy atom. The van der Waals surface area contributed by atoms with Crippen molar-refractivity contribution in [2.45, 2.75) is 31.7 Å². The molecule has 3 heterocycles. The molecule has 7 heteroatoms. The van der Waals surface area contributed by atoms with Crippen molar-refractivity contribution < 1.29 is 4.79 Å². The number of hydrogen-bond donors (Lipinski definition) is 0. The molecular formula is C15H20ClN5O. The number of rotatable bonds is 2. The van der Waals surface area contributed by atoms with Gasteiger partial charge in [0.1, 0.15) is 0 Å². The van der Waals surface area contributed by atoms with E-state index in [1.807, 2.05) is 24.2 Å². The molecule has 1 fully saturated rings. The van der Waals surface area contributed by atoms with E-state index in [0.717, 1.165) is 31.4 Å². The minimum Gasteiger partial charge on any atom is -0.329 e. The molecule has 0 saturated carbocycles. The van der Waals surface area contributed by atoms with Crippen LogP contribution in [0.15, 0.2) is 18.5 Å². The molecule has 1 aliphatic rings. The van der Waals surface area contributed by atoms with Gasteiger partial charge >= 0.3 is 0 Å². The maximum atomic E-state index is 12.9. The van der Waals surface area contributed by atoms with Crippen LogP contribution in [0, 0.1) is 0 Å². The summed E-state index contributed by atoms with van der Waals surface area (Å²) in [5, 5.41) is 9.11. The summed E-state index contributed by atoms with van der Waals surface area (Å²) < 4.78 is 3.35. The van der Waals surface area contributed by atoms with Gasteiger partial charge in [0.25, 0.3) is 5.91 Å². The Hall–Kier alpha value is -1.82. The summed E-state index contributed by atoms with van der Waals surface area (Å²) in [6, 6.07) is 1.98. The summed E-state index contributed by atoms with van der Waals surface area (Å²) in [6.07, 6.45) is 7.72. The van der Waals surface area contributed by atoms with Crippen molar-refractivity contribution >= 4 is 17.5 Å². The van der Waals surface area contributed by atoms with E-state index in [1.54, 1.807) is 22.6 Å². The van der Waals surface area contributed by atoms with Gasteiger partial charge in [-0.3, -0.25) is 14.2 Å². The highest BCUT2D eigenvalue weighted by Crippen LogP contribution is 2.31. The lowest BCUT2D eigenvalue weighted by atomic mass is 10.1. The van der Waals surface area contributed by atoms with Gasteiger partial charge in [-0.25, -0.2) is 0 Å². The Bertz CT molecular complexity index is 677. The number of aromatic nitrogens is 4. The van der Waals surface area contributed by atoms with Crippen LogP contribution in [-0.4, -0.2) is 36.9 Å². The SMILES string of the molecule is Cn1ccc(C2CCCCCN2C(=O)c2nn(C)cc2Cl)n1. The molecule has 1 saturated heterocycles. The molecule has 0 radical (unpaired) electrons. The van der Waals surface area contributed by atoms with Crippen molar-refractivity contribution in [3.05, 3.63) is 34.9 Å². The van der Waals surface area contributed by atoms with Crippen LogP contribution in [-0.2, 0) is 14.1 Å². The van der Waals surface area contributed by atoms with Gasteiger partial charge in [0.2, 0.25) is 0 Å². The third-order valence-corrected chi connectivity index (χ3v) is 4.35. The molecule has 0 bridgehead atoms. The zero-order valence-electron chi connectivity index (χ0n) is 12.9. The average molecular weight is 322 g/mol. The van der Waals surface area contributed by atoms with E-state index >= 15 is 0 Å². The van der Waals surface area contributed by atoms with Crippen molar-refractivity contribution in [1.29, 1.82) is 0 Å². The summed E-state index contributed by atoms with van der Waals surface area (Å²) in [7, 11) is 3.66. The van der Waals surface area contributed by atoms with Crippen LogP contribution < -0.4 is 0 Å². The number of aryl methyl sites for hydroxylation is 2. The maximum Gasteiger partial charge on any atom is 0.276 e. The molecule has 22 heavy (non-hydrogen) atoms. The molecule has 0 aliphatic carbocycles. The number of likely N-dealkylation sites (tertiary alicyclic amines) is 1. The average Bonchev–Trinajstić information content (AvgIpc) is 2.95. The monoisotopic (exact) mass is 321 g/mol. The fraction of sp³-hybridized carbons (Fsp3) is 0.533. The van der Waals surface area contributed by atoms with E-state index < -0.39 is 0 Å². The van der Waals surface area contributed by atoms with Crippen LogP contribution in [0.4, 0.5) is 0 Å². The van der Waals surface area contributed by atoms with E-state index in [-0.39, 0.29) is 11.9 Å². The Morgan fingerprint density at radius 3 is 2.68 bits per heavy atom. The molecule has 2 aromatic heterocycles.